The predicted octanol–water partition coefficient (Wildman–Crippen LogP) is 3.80. The van der Waals surface area contributed by atoms with Crippen LogP contribution >= 0.6 is 11.6 Å². The van der Waals surface area contributed by atoms with E-state index in [2.05, 4.69) is 0 Å². The van der Waals surface area contributed by atoms with Gasteiger partial charge in [0.2, 0.25) is 0 Å². The fraction of sp³-hybridized carbons (Fsp3) is 0.188. The number of hydrogen-bond donors (Lipinski definition) is 0. The highest BCUT2D eigenvalue weighted by molar-refractivity contribution is 6.64. The van der Waals surface area contributed by atoms with Crippen molar-refractivity contribution in [2.45, 2.75) is 19.6 Å². The lowest BCUT2D eigenvalue weighted by Gasteiger charge is -2.11. The average Bonchev–Trinajstić information content (AvgIpc) is 2.47. The van der Waals surface area contributed by atoms with Crippen LogP contribution in [0.2, 0.25) is 0 Å². The van der Waals surface area contributed by atoms with Gasteiger partial charge in [0, 0.05) is 0 Å². The van der Waals surface area contributed by atoms with Gasteiger partial charge in [0.25, 0.3) is 5.24 Å². The summed E-state index contributed by atoms with van der Waals surface area (Å²) < 4.78 is 11.0. The van der Waals surface area contributed by atoms with Gasteiger partial charge >= 0.3 is 0 Å². The van der Waals surface area contributed by atoms with Crippen LogP contribution in [0.4, 0.5) is 0 Å². The van der Waals surface area contributed by atoms with Crippen LogP contribution in [0.3, 0.4) is 0 Å². The molecular weight excluding hydrogens is 276 g/mol. The number of hydrogen-bond acceptors (Lipinski definition) is 3. The van der Waals surface area contributed by atoms with Crippen molar-refractivity contribution < 1.29 is 14.3 Å². The van der Waals surface area contributed by atoms with E-state index in [-0.39, 0.29) is 0 Å². The minimum absolute atomic E-state index is 0.512. The van der Waals surface area contributed by atoms with E-state index in [4.69, 9.17) is 21.1 Å². The van der Waals surface area contributed by atoms with Crippen LogP contribution < -0.4 is 9.47 Å². The molecule has 0 heterocycles. The summed E-state index contributed by atoms with van der Waals surface area (Å²) in [7, 11) is 0. The summed E-state index contributed by atoms with van der Waals surface area (Å²) in [5, 5.41) is -0.519. The maximum atomic E-state index is 10.9. The maximum Gasteiger partial charge on any atom is 0.262 e. The number of halogens is 1. The summed E-state index contributed by atoms with van der Waals surface area (Å²) in [6, 6.07) is 17.0. The van der Waals surface area contributed by atoms with Gasteiger partial charge in [-0.2, -0.15) is 0 Å². The van der Waals surface area contributed by atoms with E-state index >= 15 is 0 Å². The molecule has 0 fully saturated rings. The van der Waals surface area contributed by atoms with Crippen LogP contribution in [-0.4, -0.2) is 11.3 Å². The molecule has 2 aromatic carbocycles. The number of ether oxygens (including phenoxy) is 2. The zero-order valence-electron chi connectivity index (χ0n) is 11.1. The Kier molecular flexibility index (Phi) is 5.02. The van der Waals surface area contributed by atoms with E-state index < -0.39 is 11.3 Å². The number of carbonyl (C=O) groups is 1. The molecule has 0 aliphatic carbocycles. The lowest BCUT2D eigenvalue weighted by molar-refractivity contribution is -0.117. The second kappa shape index (κ2) is 6.96. The molecule has 104 valence electrons. The minimum Gasteiger partial charge on any atom is -0.489 e. The van der Waals surface area contributed by atoms with Crippen LogP contribution in [0, 0.1) is 0 Å². The molecule has 4 heteroatoms. The topological polar surface area (TPSA) is 35.5 Å². The standard InChI is InChI=1S/C16H15ClO3/c1-12(16(17)18)20-15-9-7-14(8-10-15)19-11-13-5-3-2-4-6-13/h2-10,12H,11H2,1H3. The van der Waals surface area contributed by atoms with E-state index in [9.17, 15) is 4.79 Å². The Morgan fingerprint density at radius 2 is 1.65 bits per heavy atom. The smallest absolute Gasteiger partial charge is 0.262 e. The molecule has 0 saturated carbocycles. The van der Waals surface area contributed by atoms with Gasteiger partial charge in [0.15, 0.2) is 6.10 Å². The molecule has 2 aromatic rings. The molecule has 3 nitrogen and oxygen atoms in total. The molecular formula is C16H15ClO3. The Hall–Kier alpha value is -2.00. The first-order valence-electron chi connectivity index (χ1n) is 6.28. The number of carbonyl (C=O) groups excluding carboxylic acids is 1. The van der Waals surface area contributed by atoms with Crippen molar-refractivity contribution in [2.24, 2.45) is 0 Å². The number of rotatable bonds is 6. The van der Waals surface area contributed by atoms with Gasteiger partial charge in [-0.25, -0.2) is 0 Å². The second-order valence-corrected chi connectivity index (χ2v) is 4.68. The van der Waals surface area contributed by atoms with Crippen molar-refractivity contribution in [3.05, 3.63) is 60.2 Å². The zero-order valence-corrected chi connectivity index (χ0v) is 11.8. The first-order valence-corrected chi connectivity index (χ1v) is 6.66. The van der Waals surface area contributed by atoms with E-state index in [0.29, 0.717) is 12.4 Å². The van der Waals surface area contributed by atoms with E-state index in [0.717, 1.165) is 11.3 Å². The summed E-state index contributed by atoms with van der Waals surface area (Å²) in [6.07, 6.45) is -0.659. The molecule has 0 aliphatic rings. The summed E-state index contributed by atoms with van der Waals surface area (Å²) in [5.41, 5.74) is 1.11. The fourth-order valence-electron chi connectivity index (χ4n) is 1.61. The Labute approximate surface area is 123 Å². The van der Waals surface area contributed by atoms with Gasteiger partial charge in [-0.3, -0.25) is 4.79 Å². The maximum absolute atomic E-state index is 10.9. The van der Waals surface area contributed by atoms with E-state index in [1.54, 1.807) is 31.2 Å². The van der Waals surface area contributed by atoms with Crippen LogP contribution in [-0.2, 0) is 11.4 Å². The van der Waals surface area contributed by atoms with Crippen molar-refractivity contribution >= 4 is 16.8 Å². The van der Waals surface area contributed by atoms with Crippen LogP contribution in [0.1, 0.15) is 12.5 Å². The zero-order chi connectivity index (χ0) is 14.4. The van der Waals surface area contributed by atoms with Gasteiger partial charge in [-0.05, 0) is 48.4 Å². The normalized spacial score (nSPS) is 11.7. The Bertz CT molecular complexity index is 552. The van der Waals surface area contributed by atoms with Crippen LogP contribution in [0.25, 0.3) is 0 Å². The summed E-state index contributed by atoms with van der Waals surface area (Å²) in [4.78, 5) is 10.9. The van der Waals surface area contributed by atoms with Gasteiger partial charge in [-0.1, -0.05) is 30.3 Å². The molecule has 0 N–H and O–H groups in total. The highest BCUT2D eigenvalue weighted by atomic mass is 35.5. The predicted molar refractivity (Wildman–Crippen MR) is 78.2 cm³/mol. The molecule has 0 bridgehead atoms. The summed E-state index contributed by atoms with van der Waals surface area (Å²) in [6.45, 7) is 2.12. The molecule has 0 radical (unpaired) electrons. The lowest BCUT2D eigenvalue weighted by Crippen LogP contribution is -2.18. The Morgan fingerprint density at radius 1 is 1.05 bits per heavy atom. The Morgan fingerprint density at radius 3 is 2.25 bits per heavy atom. The molecule has 0 aliphatic heterocycles. The molecule has 0 saturated heterocycles. The summed E-state index contributed by atoms with van der Waals surface area (Å²) >= 11 is 5.34. The first-order chi connectivity index (χ1) is 9.65. The molecule has 20 heavy (non-hydrogen) atoms. The largest absolute Gasteiger partial charge is 0.489 e. The molecule has 2 rings (SSSR count). The quantitative estimate of drug-likeness (QED) is 0.759. The average molecular weight is 291 g/mol. The molecule has 0 aromatic heterocycles. The van der Waals surface area contributed by atoms with Gasteiger partial charge < -0.3 is 9.47 Å². The summed E-state index contributed by atoms with van der Waals surface area (Å²) in [5.74, 6) is 1.32. The third kappa shape index (κ3) is 4.28. The van der Waals surface area contributed by atoms with Crippen molar-refractivity contribution in [1.29, 1.82) is 0 Å². The first kappa shape index (κ1) is 14.4. The van der Waals surface area contributed by atoms with E-state index in [1.807, 2.05) is 30.3 Å². The third-order valence-corrected chi connectivity index (χ3v) is 3.01. The Balaban J connectivity index is 1.90. The molecule has 1 atom stereocenters. The van der Waals surface area contributed by atoms with Crippen molar-refractivity contribution in [2.75, 3.05) is 0 Å². The van der Waals surface area contributed by atoms with Gasteiger partial charge in [-0.15, -0.1) is 0 Å². The van der Waals surface area contributed by atoms with Gasteiger partial charge in [0.1, 0.15) is 18.1 Å². The lowest BCUT2D eigenvalue weighted by atomic mass is 10.2. The second-order valence-electron chi connectivity index (χ2n) is 4.31. The van der Waals surface area contributed by atoms with Crippen molar-refractivity contribution in [3.63, 3.8) is 0 Å². The van der Waals surface area contributed by atoms with Crippen molar-refractivity contribution in [1.82, 2.24) is 0 Å². The molecule has 0 spiro atoms. The minimum atomic E-state index is -0.659. The number of benzene rings is 2. The molecule has 1 unspecified atom stereocenters. The SMILES string of the molecule is CC(Oc1ccc(OCc2ccccc2)cc1)C(=O)Cl. The monoisotopic (exact) mass is 290 g/mol. The van der Waals surface area contributed by atoms with Crippen LogP contribution in [0.5, 0.6) is 11.5 Å². The van der Waals surface area contributed by atoms with Crippen LogP contribution in [0.15, 0.2) is 54.6 Å². The molecule has 0 amide bonds. The third-order valence-electron chi connectivity index (χ3n) is 2.70. The van der Waals surface area contributed by atoms with Gasteiger partial charge in [0.05, 0.1) is 0 Å². The van der Waals surface area contributed by atoms with Crippen molar-refractivity contribution in [3.8, 4) is 11.5 Å². The highest BCUT2D eigenvalue weighted by Crippen LogP contribution is 2.20. The fourth-order valence-corrected chi connectivity index (χ4v) is 1.65. The van der Waals surface area contributed by atoms with E-state index in [1.165, 1.54) is 0 Å². The highest BCUT2D eigenvalue weighted by Gasteiger charge is 2.11.